The minimum Gasteiger partial charge on any atom is -0.448 e. The van der Waals surface area contributed by atoms with Crippen LogP contribution in [0.25, 0.3) is 21.9 Å². The number of amides is 1. The highest BCUT2D eigenvalue weighted by Gasteiger charge is 2.28. The van der Waals surface area contributed by atoms with E-state index in [9.17, 15) is 14.4 Å². The maximum atomic E-state index is 13.4. The largest absolute Gasteiger partial charge is 0.448 e. The van der Waals surface area contributed by atoms with Crippen LogP contribution in [0.15, 0.2) is 64.9 Å². The van der Waals surface area contributed by atoms with Crippen LogP contribution in [-0.2, 0) is 16.6 Å². The number of nitrogens with zero attached hydrogens (tertiary/aromatic N) is 2. The van der Waals surface area contributed by atoms with Crippen molar-refractivity contribution in [1.29, 1.82) is 0 Å². The predicted octanol–water partition coefficient (Wildman–Crippen LogP) is 4.54. The fourth-order valence-electron chi connectivity index (χ4n) is 3.69. The second kappa shape index (κ2) is 9.38. The highest BCUT2D eigenvalue weighted by molar-refractivity contribution is 7.13. The number of thiazole rings is 1. The lowest BCUT2D eigenvalue weighted by molar-refractivity contribution is -0.124. The summed E-state index contributed by atoms with van der Waals surface area (Å²) < 4.78 is 6.93. The molecule has 0 aliphatic heterocycles. The lowest BCUT2D eigenvalue weighted by atomic mass is 9.96. The van der Waals surface area contributed by atoms with Gasteiger partial charge in [-0.2, -0.15) is 0 Å². The van der Waals surface area contributed by atoms with Gasteiger partial charge in [0.15, 0.2) is 11.2 Å². The Balaban J connectivity index is 1.80. The molecule has 7 nitrogen and oxygen atoms in total. The Morgan fingerprint density at radius 3 is 2.45 bits per heavy atom. The number of esters is 1. The summed E-state index contributed by atoms with van der Waals surface area (Å²) in [5, 5.41) is 5.97. The Morgan fingerprint density at radius 1 is 1.12 bits per heavy atom. The number of hydrogen-bond acceptors (Lipinski definition) is 6. The number of fused-ring (bicyclic) bond motifs is 1. The second-order valence-corrected chi connectivity index (χ2v) is 8.52. The zero-order valence-corrected chi connectivity index (χ0v) is 19.3. The van der Waals surface area contributed by atoms with E-state index in [-0.39, 0.29) is 17.7 Å². The van der Waals surface area contributed by atoms with Gasteiger partial charge in [0.2, 0.25) is 0 Å². The van der Waals surface area contributed by atoms with Gasteiger partial charge in [0.05, 0.1) is 0 Å². The summed E-state index contributed by atoms with van der Waals surface area (Å²) in [5.74, 6) is -1.21. The molecule has 0 bridgehead atoms. The Bertz CT molecular complexity index is 1380. The summed E-state index contributed by atoms with van der Waals surface area (Å²) in [4.78, 5) is 43.2. The molecule has 1 amide bonds. The standard InChI is InChI=1S/C25H23N3O4S/c1-4-19(22(29)27-25-26-13-14-33-25)32-24(31)21-20(16-11-9-15(2)10-12-16)17-7-5-6-8-18(17)23(30)28(21)3/h5-14,19H,4H2,1-3H3,(H,26,27,29). The van der Waals surface area contributed by atoms with E-state index >= 15 is 0 Å². The summed E-state index contributed by atoms with van der Waals surface area (Å²) in [6.45, 7) is 3.73. The number of aryl methyl sites for hydroxylation is 1. The van der Waals surface area contributed by atoms with E-state index in [2.05, 4.69) is 10.3 Å². The highest BCUT2D eigenvalue weighted by Crippen LogP contribution is 2.31. The Morgan fingerprint density at radius 2 is 1.82 bits per heavy atom. The molecular formula is C25H23N3O4S. The highest BCUT2D eigenvalue weighted by atomic mass is 32.1. The quantitative estimate of drug-likeness (QED) is 0.426. The number of pyridine rings is 1. The molecule has 1 unspecified atom stereocenters. The maximum absolute atomic E-state index is 13.4. The van der Waals surface area contributed by atoms with Crippen molar-refractivity contribution in [3.63, 3.8) is 0 Å². The molecule has 0 saturated heterocycles. The lowest BCUT2D eigenvalue weighted by Crippen LogP contribution is -2.34. The normalized spacial score (nSPS) is 11.8. The number of carbonyl (C=O) groups excluding carboxylic acids is 2. The Hall–Kier alpha value is -3.78. The summed E-state index contributed by atoms with van der Waals surface area (Å²) in [7, 11) is 1.54. The maximum Gasteiger partial charge on any atom is 0.356 e. The van der Waals surface area contributed by atoms with Crippen LogP contribution in [0.4, 0.5) is 5.13 Å². The average molecular weight is 462 g/mol. The smallest absolute Gasteiger partial charge is 0.356 e. The zero-order valence-electron chi connectivity index (χ0n) is 18.5. The van der Waals surface area contributed by atoms with E-state index in [4.69, 9.17) is 4.74 Å². The van der Waals surface area contributed by atoms with Gasteiger partial charge >= 0.3 is 5.97 Å². The summed E-state index contributed by atoms with van der Waals surface area (Å²) in [6.07, 6.45) is 0.810. The van der Waals surface area contributed by atoms with Crippen molar-refractivity contribution < 1.29 is 14.3 Å². The van der Waals surface area contributed by atoms with Gasteiger partial charge in [-0.1, -0.05) is 55.0 Å². The van der Waals surface area contributed by atoms with Crippen molar-refractivity contribution in [2.75, 3.05) is 5.32 Å². The monoisotopic (exact) mass is 461 g/mol. The van der Waals surface area contributed by atoms with Gasteiger partial charge in [0.1, 0.15) is 5.69 Å². The first-order valence-electron chi connectivity index (χ1n) is 10.5. The number of benzene rings is 2. The molecule has 2 aromatic heterocycles. The molecule has 2 heterocycles. The van der Waals surface area contributed by atoms with E-state index in [0.717, 1.165) is 11.1 Å². The van der Waals surface area contributed by atoms with Gasteiger partial charge in [0, 0.05) is 29.6 Å². The van der Waals surface area contributed by atoms with Crippen LogP contribution in [0, 0.1) is 6.92 Å². The molecule has 4 aromatic rings. The summed E-state index contributed by atoms with van der Waals surface area (Å²) in [6, 6.07) is 14.9. The summed E-state index contributed by atoms with van der Waals surface area (Å²) in [5.41, 5.74) is 2.23. The molecular weight excluding hydrogens is 438 g/mol. The summed E-state index contributed by atoms with van der Waals surface area (Å²) >= 11 is 1.27. The number of ether oxygens (including phenoxy) is 1. The number of aromatic nitrogens is 2. The van der Waals surface area contributed by atoms with Gasteiger partial charge in [-0.15, -0.1) is 11.3 Å². The van der Waals surface area contributed by atoms with Crippen LogP contribution < -0.4 is 10.9 Å². The van der Waals surface area contributed by atoms with Crippen LogP contribution >= 0.6 is 11.3 Å². The molecule has 1 N–H and O–H groups in total. The number of nitrogens with one attached hydrogen (secondary N) is 1. The first-order valence-corrected chi connectivity index (χ1v) is 11.4. The third kappa shape index (κ3) is 4.42. The Labute approximate surface area is 194 Å². The first-order chi connectivity index (χ1) is 15.9. The van der Waals surface area contributed by atoms with Crippen LogP contribution in [0.3, 0.4) is 0 Å². The third-order valence-electron chi connectivity index (χ3n) is 5.41. The van der Waals surface area contributed by atoms with Crippen LogP contribution in [0.5, 0.6) is 0 Å². The van der Waals surface area contributed by atoms with Gasteiger partial charge in [-0.3, -0.25) is 14.9 Å². The van der Waals surface area contributed by atoms with E-state index in [1.54, 1.807) is 37.7 Å². The van der Waals surface area contributed by atoms with Crippen molar-refractivity contribution in [3.8, 4) is 11.1 Å². The van der Waals surface area contributed by atoms with Crippen molar-refractivity contribution in [2.45, 2.75) is 26.4 Å². The molecule has 0 radical (unpaired) electrons. The number of rotatable bonds is 6. The molecule has 8 heteroatoms. The molecule has 4 rings (SSSR count). The van der Waals surface area contributed by atoms with E-state index in [0.29, 0.717) is 21.5 Å². The van der Waals surface area contributed by atoms with Crippen LogP contribution in [-0.4, -0.2) is 27.5 Å². The van der Waals surface area contributed by atoms with Crippen molar-refractivity contribution >= 4 is 39.1 Å². The van der Waals surface area contributed by atoms with Crippen molar-refractivity contribution in [2.24, 2.45) is 7.05 Å². The number of anilines is 1. The van der Waals surface area contributed by atoms with Crippen molar-refractivity contribution in [1.82, 2.24) is 9.55 Å². The molecule has 1 atom stereocenters. The fraction of sp³-hybridized carbons (Fsp3) is 0.200. The molecule has 0 spiro atoms. The minimum absolute atomic E-state index is 0.100. The van der Waals surface area contributed by atoms with Crippen LogP contribution in [0.2, 0.25) is 0 Å². The van der Waals surface area contributed by atoms with Crippen molar-refractivity contribution in [3.05, 3.63) is 81.7 Å². The zero-order chi connectivity index (χ0) is 23.5. The van der Waals surface area contributed by atoms with E-state index in [1.807, 2.05) is 43.3 Å². The fourth-order valence-corrected chi connectivity index (χ4v) is 4.23. The minimum atomic E-state index is -1.03. The van der Waals surface area contributed by atoms with Gasteiger partial charge in [0.25, 0.3) is 11.5 Å². The predicted molar refractivity (Wildman–Crippen MR) is 130 cm³/mol. The lowest BCUT2D eigenvalue weighted by Gasteiger charge is -2.20. The second-order valence-electron chi connectivity index (χ2n) is 7.63. The Kier molecular flexibility index (Phi) is 6.37. The number of hydrogen-bond donors (Lipinski definition) is 1. The SMILES string of the molecule is CCC(OC(=O)c1c(-c2ccc(C)cc2)c2ccccc2c(=O)n1C)C(=O)Nc1nccs1. The van der Waals surface area contributed by atoms with Crippen LogP contribution in [0.1, 0.15) is 29.4 Å². The molecule has 0 aliphatic rings. The van der Waals surface area contributed by atoms with Gasteiger partial charge in [-0.25, -0.2) is 9.78 Å². The van der Waals surface area contributed by atoms with E-state index in [1.165, 1.54) is 15.9 Å². The molecule has 2 aromatic carbocycles. The average Bonchev–Trinajstić information content (AvgIpc) is 3.33. The molecule has 33 heavy (non-hydrogen) atoms. The number of carbonyl (C=O) groups is 2. The third-order valence-corrected chi connectivity index (χ3v) is 6.10. The molecule has 0 saturated carbocycles. The van der Waals surface area contributed by atoms with Gasteiger partial charge in [-0.05, 0) is 30.4 Å². The van der Waals surface area contributed by atoms with Gasteiger partial charge < -0.3 is 9.30 Å². The molecule has 0 fully saturated rings. The first kappa shape index (κ1) is 22.4. The van der Waals surface area contributed by atoms with E-state index < -0.39 is 18.0 Å². The molecule has 0 aliphatic carbocycles. The molecule has 168 valence electrons. The topological polar surface area (TPSA) is 90.3 Å².